The van der Waals surface area contributed by atoms with Crippen molar-refractivity contribution >= 4 is 46.3 Å². The van der Waals surface area contributed by atoms with E-state index in [-0.39, 0.29) is 29.6 Å². The van der Waals surface area contributed by atoms with E-state index in [0.29, 0.717) is 40.8 Å². The fourth-order valence-electron chi connectivity index (χ4n) is 5.03. The molecule has 1 saturated carbocycles. The van der Waals surface area contributed by atoms with Crippen LogP contribution in [0, 0.1) is 6.92 Å². The van der Waals surface area contributed by atoms with Crippen LogP contribution in [0.2, 0.25) is 0 Å². The van der Waals surface area contributed by atoms with E-state index in [9.17, 15) is 9.59 Å². The Kier molecular flexibility index (Phi) is 12.3. The number of nitrogens with one attached hydrogen (secondary N) is 2. The summed E-state index contributed by atoms with van der Waals surface area (Å²) in [5, 5.41) is 15.1. The maximum atomic E-state index is 13.3. The molecule has 0 unspecified atom stereocenters. The molecule has 2 aliphatic rings. The number of rotatable bonds is 7. The number of anilines is 3. The van der Waals surface area contributed by atoms with E-state index in [1.165, 1.54) is 6.92 Å². The third kappa shape index (κ3) is 7.57. The van der Waals surface area contributed by atoms with Crippen molar-refractivity contribution in [1.29, 1.82) is 0 Å². The molecular formula is C28H41N7O4S. The number of piperazine rings is 1. The number of aromatic nitrogens is 4. The first-order chi connectivity index (χ1) is 19.4. The lowest BCUT2D eigenvalue weighted by atomic mass is 10.0. The summed E-state index contributed by atoms with van der Waals surface area (Å²) in [6, 6.07) is 4.01. The monoisotopic (exact) mass is 571 g/mol. The second-order valence-electron chi connectivity index (χ2n) is 9.42. The third-order valence-corrected chi connectivity index (χ3v) is 7.27. The molecule has 3 aromatic heterocycles. The van der Waals surface area contributed by atoms with Gasteiger partial charge in [-0.25, -0.2) is 9.97 Å². The van der Waals surface area contributed by atoms with E-state index in [1.54, 1.807) is 17.7 Å². The number of carbonyl (C=O) groups is 1. The minimum Gasteiger partial charge on any atom is -0.395 e. The van der Waals surface area contributed by atoms with Gasteiger partial charge in [0.2, 0.25) is 5.95 Å². The van der Waals surface area contributed by atoms with Crippen molar-refractivity contribution in [3.63, 3.8) is 0 Å². The molecule has 3 aromatic rings. The highest BCUT2D eigenvalue weighted by Crippen LogP contribution is 2.32. The highest BCUT2D eigenvalue weighted by molar-refractivity contribution is 7.93. The van der Waals surface area contributed by atoms with E-state index in [2.05, 4.69) is 25.5 Å². The van der Waals surface area contributed by atoms with E-state index in [1.807, 2.05) is 32.2 Å². The molecule has 1 saturated heterocycles. The number of aliphatic hydroxyl groups excluding tert-OH is 1. The van der Waals surface area contributed by atoms with Gasteiger partial charge >= 0.3 is 0 Å². The average Bonchev–Trinajstić information content (AvgIpc) is 3.50. The number of pyridine rings is 2. The molecular weight excluding hydrogens is 530 g/mol. The Bertz CT molecular complexity index is 1300. The molecule has 0 amide bonds. The Morgan fingerprint density at radius 2 is 1.85 bits per heavy atom. The SMILES string of the molecule is CC.CC(=O)c1c(C)c2cnc(Nc3ccc(N4CCNCC4)cn3)nc2n(C2CCCC2)c1=O.OCCSO. The molecule has 1 aliphatic carbocycles. The Morgan fingerprint density at radius 3 is 2.40 bits per heavy atom. The van der Waals surface area contributed by atoms with E-state index in [4.69, 9.17) is 14.6 Å². The van der Waals surface area contributed by atoms with Crippen LogP contribution in [0.5, 0.6) is 0 Å². The van der Waals surface area contributed by atoms with Crippen LogP contribution in [0.3, 0.4) is 0 Å². The Morgan fingerprint density at radius 1 is 1.15 bits per heavy atom. The first-order valence-electron chi connectivity index (χ1n) is 13.9. The molecule has 0 radical (unpaired) electrons. The van der Waals surface area contributed by atoms with Crippen LogP contribution in [0.1, 0.15) is 68.4 Å². The number of hydrogen-bond acceptors (Lipinski definition) is 11. The predicted octanol–water partition coefficient (Wildman–Crippen LogP) is 4.18. The number of fused-ring (bicyclic) bond motifs is 1. The molecule has 40 heavy (non-hydrogen) atoms. The van der Waals surface area contributed by atoms with Crippen LogP contribution in [0.25, 0.3) is 11.0 Å². The zero-order chi connectivity index (χ0) is 29.1. The van der Waals surface area contributed by atoms with Gasteiger partial charge in [-0.15, -0.1) is 0 Å². The van der Waals surface area contributed by atoms with Gasteiger partial charge in [-0.1, -0.05) is 26.7 Å². The highest BCUT2D eigenvalue weighted by atomic mass is 32.2. The maximum absolute atomic E-state index is 13.3. The zero-order valence-electron chi connectivity index (χ0n) is 23.8. The Hall–Kier alpha value is -3.06. The lowest BCUT2D eigenvalue weighted by molar-refractivity contribution is 0.101. The van der Waals surface area contributed by atoms with Crippen molar-refractivity contribution in [2.24, 2.45) is 0 Å². The lowest BCUT2D eigenvalue weighted by Gasteiger charge is -2.29. The van der Waals surface area contributed by atoms with Gasteiger partial charge in [0.15, 0.2) is 5.78 Å². The summed E-state index contributed by atoms with van der Waals surface area (Å²) in [6.07, 6.45) is 7.52. The van der Waals surface area contributed by atoms with E-state index >= 15 is 0 Å². The van der Waals surface area contributed by atoms with Crippen molar-refractivity contribution in [1.82, 2.24) is 24.8 Å². The molecule has 4 heterocycles. The summed E-state index contributed by atoms with van der Waals surface area (Å²) in [6.45, 7) is 11.2. The fourth-order valence-corrected chi connectivity index (χ4v) is 5.12. The molecule has 5 rings (SSSR count). The third-order valence-electron chi connectivity index (χ3n) is 6.90. The van der Waals surface area contributed by atoms with Crippen molar-refractivity contribution in [3.8, 4) is 0 Å². The van der Waals surface area contributed by atoms with E-state index < -0.39 is 0 Å². The second kappa shape index (κ2) is 15.7. The number of nitrogens with zero attached hydrogens (tertiary/aromatic N) is 5. The van der Waals surface area contributed by atoms with Crippen LogP contribution in [0.4, 0.5) is 17.5 Å². The molecule has 2 fully saturated rings. The van der Waals surface area contributed by atoms with Crippen LogP contribution in [-0.4, -0.2) is 73.5 Å². The predicted molar refractivity (Wildman–Crippen MR) is 162 cm³/mol. The van der Waals surface area contributed by atoms with Crippen molar-refractivity contribution in [3.05, 3.63) is 46.0 Å². The molecule has 11 nitrogen and oxygen atoms in total. The summed E-state index contributed by atoms with van der Waals surface area (Å²) in [5.41, 5.74) is 2.29. The normalized spacial score (nSPS) is 15.2. The van der Waals surface area contributed by atoms with Crippen molar-refractivity contribution in [2.45, 2.75) is 59.4 Å². The Balaban J connectivity index is 0.000000570. The van der Waals surface area contributed by atoms with Crippen molar-refractivity contribution < 1.29 is 14.5 Å². The average molecular weight is 572 g/mol. The van der Waals surface area contributed by atoms with Crippen LogP contribution >= 0.6 is 12.0 Å². The molecule has 12 heteroatoms. The summed E-state index contributed by atoms with van der Waals surface area (Å²) in [7, 11) is 0. The molecule has 0 spiro atoms. The van der Waals surface area contributed by atoms with Gasteiger partial charge in [-0.2, -0.15) is 4.98 Å². The van der Waals surface area contributed by atoms with Crippen LogP contribution in [0.15, 0.2) is 29.3 Å². The molecule has 0 bridgehead atoms. The number of carbonyl (C=O) groups excluding carboxylic acids is 1. The van der Waals surface area contributed by atoms with Gasteiger partial charge in [0, 0.05) is 49.6 Å². The minimum atomic E-state index is -0.248. The van der Waals surface area contributed by atoms with Gasteiger partial charge in [0.05, 0.1) is 24.1 Å². The first-order valence-corrected chi connectivity index (χ1v) is 14.9. The number of ketones is 1. The van der Waals surface area contributed by atoms with Gasteiger partial charge in [-0.3, -0.25) is 14.2 Å². The maximum Gasteiger partial charge on any atom is 0.263 e. The number of aryl methyl sites for hydroxylation is 1. The molecule has 4 N–H and O–H groups in total. The smallest absolute Gasteiger partial charge is 0.263 e. The largest absolute Gasteiger partial charge is 0.395 e. The molecule has 218 valence electrons. The quantitative estimate of drug-likeness (QED) is 0.239. The Labute approximate surface area is 239 Å². The number of Topliss-reactive ketones (excluding diaryl/α,β-unsaturated/α-hetero) is 1. The first kappa shape index (κ1) is 31.5. The standard InChI is InChI=1S/C24H29N7O2.C2H6O2S.C2H6/c1-15-19-14-27-24(28-20-8-7-18(13-26-20)30-11-9-25-10-12-30)29-22(19)31(17-5-3-4-6-17)23(33)21(15)16(2)32;3-1-2-5-4;1-2/h7-8,13-14,17,25H,3-6,9-12H2,1-2H3,(H,26,27,28,29);3-4H,1-2H2;1-2H3. The van der Waals surface area contributed by atoms with Gasteiger partial charge < -0.3 is 25.2 Å². The summed E-state index contributed by atoms with van der Waals surface area (Å²) in [4.78, 5) is 41.6. The number of aliphatic hydroxyl groups is 1. The molecule has 0 atom stereocenters. The lowest BCUT2D eigenvalue weighted by Crippen LogP contribution is -2.43. The van der Waals surface area contributed by atoms with Gasteiger partial charge in [0.1, 0.15) is 11.5 Å². The summed E-state index contributed by atoms with van der Waals surface area (Å²) in [5.74, 6) is 1.22. The summed E-state index contributed by atoms with van der Waals surface area (Å²) >= 11 is 0.652. The van der Waals surface area contributed by atoms with Crippen LogP contribution < -0.4 is 21.1 Å². The van der Waals surface area contributed by atoms with Crippen molar-refractivity contribution in [2.75, 3.05) is 48.8 Å². The number of hydrogen-bond donors (Lipinski definition) is 4. The highest BCUT2D eigenvalue weighted by Gasteiger charge is 2.25. The topological polar surface area (TPSA) is 146 Å². The van der Waals surface area contributed by atoms with Gasteiger partial charge in [0.25, 0.3) is 5.56 Å². The zero-order valence-corrected chi connectivity index (χ0v) is 24.6. The molecule has 0 aromatic carbocycles. The van der Waals surface area contributed by atoms with E-state index in [0.717, 1.165) is 62.9 Å². The fraction of sp³-hybridized carbons (Fsp3) is 0.536. The van der Waals surface area contributed by atoms with Crippen LogP contribution in [-0.2, 0) is 0 Å². The van der Waals surface area contributed by atoms with Gasteiger partial charge in [-0.05, 0) is 56.4 Å². The molecule has 1 aliphatic heterocycles. The second-order valence-corrected chi connectivity index (χ2v) is 10.1. The minimum absolute atomic E-state index is 0.0536. The summed E-state index contributed by atoms with van der Waals surface area (Å²) < 4.78 is 9.54.